The van der Waals surface area contributed by atoms with Crippen molar-refractivity contribution in [3.05, 3.63) is 64.3 Å². The molecule has 2 N–H and O–H groups in total. The molecule has 2 aromatic carbocycles. The molecule has 0 aliphatic rings. The van der Waals surface area contributed by atoms with Crippen molar-refractivity contribution in [1.29, 1.82) is 0 Å². The fraction of sp³-hybridized carbons (Fsp3) is 0.105. The molecular formula is C19H17BrN4O3. The van der Waals surface area contributed by atoms with E-state index in [4.69, 9.17) is 9.47 Å². The Kier molecular flexibility index (Phi) is 5.87. The molecule has 0 saturated heterocycles. The van der Waals surface area contributed by atoms with Gasteiger partial charge >= 0.3 is 0 Å². The van der Waals surface area contributed by atoms with Gasteiger partial charge in [0.25, 0.3) is 5.91 Å². The SMILES string of the molecule is COc1ccc(-c2cc(C(=O)N/N=C/c3ccccc3Br)[nH]n2)cc1OC. The van der Waals surface area contributed by atoms with Gasteiger partial charge < -0.3 is 9.47 Å². The monoisotopic (exact) mass is 428 g/mol. The quantitative estimate of drug-likeness (QED) is 0.463. The first-order valence-corrected chi connectivity index (χ1v) is 8.77. The van der Waals surface area contributed by atoms with Crippen molar-refractivity contribution in [2.75, 3.05) is 14.2 Å². The predicted octanol–water partition coefficient (Wildman–Crippen LogP) is 3.62. The summed E-state index contributed by atoms with van der Waals surface area (Å²) in [5.41, 5.74) is 5.02. The molecule has 138 valence electrons. The van der Waals surface area contributed by atoms with Crippen molar-refractivity contribution >= 4 is 28.1 Å². The maximum atomic E-state index is 12.2. The molecule has 0 spiro atoms. The highest BCUT2D eigenvalue weighted by atomic mass is 79.9. The number of nitrogens with one attached hydrogen (secondary N) is 2. The molecule has 7 nitrogen and oxygen atoms in total. The maximum absolute atomic E-state index is 12.2. The first-order chi connectivity index (χ1) is 13.1. The van der Waals surface area contributed by atoms with Crippen LogP contribution in [0.3, 0.4) is 0 Å². The van der Waals surface area contributed by atoms with E-state index in [2.05, 4.69) is 36.7 Å². The summed E-state index contributed by atoms with van der Waals surface area (Å²) < 4.78 is 11.4. The van der Waals surface area contributed by atoms with Crippen molar-refractivity contribution in [2.45, 2.75) is 0 Å². The van der Waals surface area contributed by atoms with Crippen molar-refractivity contribution in [3.8, 4) is 22.8 Å². The second kappa shape index (κ2) is 8.50. The van der Waals surface area contributed by atoms with Crippen LogP contribution in [0.15, 0.2) is 58.1 Å². The minimum absolute atomic E-state index is 0.295. The van der Waals surface area contributed by atoms with Crippen molar-refractivity contribution in [1.82, 2.24) is 15.6 Å². The van der Waals surface area contributed by atoms with E-state index in [1.54, 1.807) is 38.6 Å². The summed E-state index contributed by atoms with van der Waals surface area (Å²) in [6.45, 7) is 0. The zero-order valence-corrected chi connectivity index (χ0v) is 16.3. The van der Waals surface area contributed by atoms with E-state index in [1.165, 1.54) is 0 Å². The molecule has 1 heterocycles. The van der Waals surface area contributed by atoms with Crippen LogP contribution in [0.2, 0.25) is 0 Å². The van der Waals surface area contributed by atoms with Crippen LogP contribution in [0.4, 0.5) is 0 Å². The first kappa shape index (κ1) is 18.7. The molecule has 0 unspecified atom stereocenters. The smallest absolute Gasteiger partial charge is 0.289 e. The number of aromatic amines is 1. The van der Waals surface area contributed by atoms with Crippen LogP contribution in [-0.2, 0) is 0 Å². The minimum Gasteiger partial charge on any atom is -0.493 e. The Morgan fingerprint density at radius 2 is 1.93 bits per heavy atom. The highest BCUT2D eigenvalue weighted by Gasteiger charge is 2.12. The number of ether oxygens (including phenoxy) is 2. The minimum atomic E-state index is -0.391. The number of hydrogen-bond donors (Lipinski definition) is 2. The van der Waals surface area contributed by atoms with Gasteiger partial charge in [0.05, 0.1) is 26.1 Å². The topological polar surface area (TPSA) is 88.6 Å². The number of H-pyrrole nitrogens is 1. The normalized spacial score (nSPS) is 10.8. The summed E-state index contributed by atoms with van der Waals surface area (Å²) in [5.74, 6) is 0.815. The Bertz CT molecular complexity index is 985. The van der Waals surface area contributed by atoms with Gasteiger partial charge in [0.15, 0.2) is 11.5 Å². The number of methoxy groups -OCH3 is 2. The van der Waals surface area contributed by atoms with Crippen molar-refractivity contribution in [2.24, 2.45) is 5.10 Å². The number of benzene rings is 2. The zero-order valence-electron chi connectivity index (χ0n) is 14.7. The highest BCUT2D eigenvalue weighted by molar-refractivity contribution is 9.10. The van der Waals surface area contributed by atoms with Crippen LogP contribution in [-0.4, -0.2) is 36.5 Å². The predicted molar refractivity (Wildman–Crippen MR) is 106 cm³/mol. The van der Waals surface area contributed by atoms with Gasteiger partial charge in [-0.3, -0.25) is 9.89 Å². The lowest BCUT2D eigenvalue weighted by molar-refractivity contribution is 0.0950. The van der Waals surface area contributed by atoms with Crippen LogP contribution >= 0.6 is 15.9 Å². The van der Waals surface area contributed by atoms with Crippen LogP contribution < -0.4 is 14.9 Å². The van der Waals surface area contributed by atoms with Crippen molar-refractivity contribution in [3.63, 3.8) is 0 Å². The van der Waals surface area contributed by atoms with E-state index in [0.717, 1.165) is 15.6 Å². The summed E-state index contributed by atoms with van der Waals surface area (Å²) in [6, 6.07) is 14.6. The Balaban J connectivity index is 1.72. The number of hydrogen-bond acceptors (Lipinski definition) is 5. The number of halogens is 1. The Morgan fingerprint density at radius 3 is 2.67 bits per heavy atom. The number of hydrazone groups is 1. The van der Waals surface area contributed by atoms with Gasteiger partial charge in [-0.05, 0) is 30.3 Å². The molecule has 0 radical (unpaired) electrons. The van der Waals surface area contributed by atoms with Crippen LogP contribution in [0.25, 0.3) is 11.3 Å². The second-order valence-corrected chi connectivity index (χ2v) is 6.31. The van der Waals surface area contributed by atoms with Crippen molar-refractivity contribution < 1.29 is 14.3 Å². The molecule has 1 amide bonds. The molecule has 0 bridgehead atoms. The maximum Gasteiger partial charge on any atom is 0.289 e. The summed E-state index contributed by atoms with van der Waals surface area (Å²) in [7, 11) is 3.14. The number of carbonyl (C=O) groups excluding carboxylic acids is 1. The van der Waals surface area contributed by atoms with Crippen LogP contribution in [0.1, 0.15) is 16.1 Å². The zero-order chi connectivity index (χ0) is 19.2. The second-order valence-electron chi connectivity index (χ2n) is 5.46. The molecule has 0 atom stereocenters. The molecule has 0 aliphatic carbocycles. The Morgan fingerprint density at radius 1 is 1.15 bits per heavy atom. The first-order valence-electron chi connectivity index (χ1n) is 7.98. The number of amides is 1. The molecular weight excluding hydrogens is 412 g/mol. The Hall–Kier alpha value is -3.13. The molecule has 3 rings (SSSR count). The number of aromatic nitrogens is 2. The van der Waals surface area contributed by atoms with E-state index in [-0.39, 0.29) is 0 Å². The molecule has 1 aromatic heterocycles. The number of carbonyl (C=O) groups is 1. The van der Waals surface area contributed by atoms with Gasteiger partial charge in [-0.15, -0.1) is 0 Å². The molecule has 3 aromatic rings. The lowest BCUT2D eigenvalue weighted by atomic mass is 10.1. The van der Waals surface area contributed by atoms with Gasteiger partial charge in [0.2, 0.25) is 0 Å². The molecule has 8 heteroatoms. The van der Waals surface area contributed by atoms with Gasteiger partial charge in [0.1, 0.15) is 5.69 Å². The van der Waals surface area contributed by atoms with Crippen LogP contribution in [0, 0.1) is 0 Å². The molecule has 0 fully saturated rings. The fourth-order valence-electron chi connectivity index (χ4n) is 2.38. The highest BCUT2D eigenvalue weighted by Crippen LogP contribution is 2.31. The van der Waals surface area contributed by atoms with E-state index >= 15 is 0 Å². The van der Waals surface area contributed by atoms with Gasteiger partial charge in [-0.25, -0.2) is 5.43 Å². The third kappa shape index (κ3) is 4.35. The lowest BCUT2D eigenvalue weighted by Gasteiger charge is -2.08. The summed E-state index contributed by atoms with van der Waals surface area (Å²) >= 11 is 3.42. The number of rotatable bonds is 6. The third-order valence-corrected chi connectivity index (χ3v) is 4.50. The van der Waals surface area contributed by atoms with E-state index < -0.39 is 5.91 Å². The van der Waals surface area contributed by atoms with E-state index in [1.807, 2.05) is 30.3 Å². The van der Waals surface area contributed by atoms with Gasteiger partial charge in [0, 0.05) is 15.6 Å². The summed E-state index contributed by atoms with van der Waals surface area (Å²) in [4.78, 5) is 12.2. The lowest BCUT2D eigenvalue weighted by Crippen LogP contribution is -2.18. The average Bonchev–Trinajstić information content (AvgIpc) is 3.19. The van der Waals surface area contributed by atoms with E-state index in [0.29, 0.717) is 22.9 Å². The van der Waals surface area contributed by atoms with E-state index in [9.17, 15) is 4.79 Å². The summed E-state index contributed by atoms with van der Waals surface area (Å²) in [6.07, 6.45) is 1.56. The molecule has 27 heavy (non-hydrogen) atoms. The fourth-order valence-corrected chi connectivity index (χ4v) is 2.77. The third-order valence-electron chi connectivity index (χ3n) is 3.78. The molecule has 0 aliphatic heterocycles. The number of nitrogens with zero attached hydrogens (tertiary/aromatic N) is 2. The summed E-state index contributed by atoms with van der Waals surface area (Å²) in [5, 5.41) is 10.9. The van der Waals surface area contributed by atoms with Gasteiger partial charge in [-0.1, -0.05) is 34.1 Å². The van der Waals surface area contributed by atoms with Gasteiger partial charge in [-0.2, -0.15) is 10.2 Å². The molecule has 0 saturated carbocycles. The average molecular weight is 429 g/mol. The van der Waals surface area contributed by atoms with Crippen LogP contribution in [0.5, 0.6) is 11.5 Å². The standard InChI is InChI=1S/C19H17BrN4O3/c1-26-17-8-7-12(9-18(17)27-2)15-10-16(23-22-15)19(25)24-21-11-13-5-3-4-6-14(13)20/h3-11H,1-2H3,(H,22,23)(H,24,25)/b21-11+. The largest absolute Gasteiger partial charge is 0.493 e. The Labute approximate surface area is 164 Å².